The Morgan fingerprint density at radius 1 is 0.889 bits per heavy atom. The van der Waals surface area contributed by atoms with Crippen LogP contribution in [0.4, 0.5) is 11.8 Å². The van der Waals surface area contributed by atoms with Crippen LogP contribution in [0.15, 0.2) is 24.3 Å². The zero-order chi connectivity index (χ0) is 18.2. The van der Waals surface area contributed by atoms with E-state index in [1.54, 1.807) is 0 Å². The van der Waals surface area contributed by atoms with Crippen LogP contribution in [-0.2, 0) is 12.8 Å². The molecule has 1 aliphatic carbocycles. The minimum atomic E-state index is 0.405. The predicted molar refractivity (Wildman–Crippen MR) is 110 cm³/mol. The molecule has 0 unspecified atom stereocenters. The third-order valence-corrected chi connectivity index (χ3v) is 6.57. The van der Waals surface area contributed by atoms with E-state index in [0.717, 1.165) is 49.9 Å². The van der Waals surface area contributed by atoms with Crippen LogP contribution in [0.25, 0.3) is 11.3 Å². The number of benzene rings is 1. The quantitative estimate of drug-likeness (QED) is 0.887. The molecule has 3 heterocycles. The zero-order valence-corrected chi connectivity index (χ0v) is 16.0. The highest BCUT2D eigenvalue weighted by Crippen LogP contribution is 2.37. The molecule has 2 aliphatic heterocycles. The molecule has 0 radical (unpaired) electrons. The molecule has 5 nitrogen and oxygen atoms in total. The summed E-state index contributed by atoms with van der Waals surface area (Å²) in [6, 6.07) is 9.40. The second-order valence-electron chi connectivity index (χ2n) is 8.20. The fourth-order valence-electron chi connectivity index (χ4n) is 5.18. The second kappa shape index (κ2) is 7.12. The number of hydrogen-bond donors (Lipinski definition) is 1. The summed E-state index contributed by atoms with van der Waals surface area (Å²) in [4.78, 5) is 14.6. The Balaban J connectivity index is 1.45. The minimum absolute atomic E-state index is 0.405. The number of aryl methyl sites for hydroxylation is 1. The van der Waals surface area contributed by atoms with Gasteiger partial charge in [-0.05, 0) is 63.6 Å². The van der Waals surface area contributed by atoms with Gasteiger partial charge in [0.15, 0.2) is 0 Å². The van der Waals surface area contributed by atoms with Crippen molar-refractivity contribution in [1.29, 1.82) is 0 Å². The van der Waals surface area contributed by atoms with Gasteiger partial charge in [-0.3, -0.25) is 0 Å². The number of nitrogen functional groups attached to an aromatic ring is 1. The Bertz CT molecular complexity index is 819. The van der Waals surface area contributed by atoms with Gasteiger partial charge in [0.2, 0.25) is 5.95 Å². The van der Waals surface area contributed by atoms with E-state index in [-0.39, 0.29) is 0 Å². The van der Waals surface area contributed by atoms with Crippen LogP contribution in [0, 0.1) is 0 Å². The van der Waals surface area contributed by atoms with Gasteiger partial charge in [-0.2, -0.15) is 4.98 Å². The van der Waals surface area contributed by atoms with Gasteiger partial charge < -0.3 is 15.5 Å². The molecule has 0 amide bonds. The van der Waals surface area contributed by atoms with Gasteiger partial charge in [-0.25, -0.2) is 4.98 Å². The maximum Gasteiger partial charge on any atom is 0.222 e. The summed E-state index contributed by atoms with van der Waals surface area (Å²) in [5, 5.41) is 0. The number of hydrogen-bond acceptors (Lipinski definition) is 5. The smallest absolute Gasteiger partial charge is 0.222 e. The van der Waals surface area contributed by atoms with Crippen molar-refractivity contribution in [3.63, 3.8) is 0 Å². The first kappa shape index (κ1) is 17.0. The van der Waals surface area contributed by atoms with E-state index in [0.29, 0.717) is 5.95 Å². The highest BCUT2D eigenvalue weighted by Gasteiger charge is 2.29. The van der Waals surface area contributed by atoms with Crippen molar-refractivity contribution in [2.24, 2.45) is 0 Å². The van der Waals surface area contributed by atoms with Crippen LogP contribution in [0.1, 0.15) is 43.2 Å². The average molecular weight is 364 g/mol. The fourth-order valence-corrected chi connectivity index (χ4v) is 5.18. The lowest BCUT2D eigenvalue weighted by atomic mass is 10.00. The number of fused-ring (bicyclic) bond motifs is 3. The summed E-state index contributed by atoms with van der Waals surface area (Å²) in [6.07, 6.45) is 8.48. The van der Waals surface area contributed by atoms with E-state index in [1.165, 1.54) is 55.5 Å². The first-order chi connectivity index (χ1) is 13.3. The van der Waals surface area contributed by atoms with Crippen LogP contribution in [0.2, 0.25) is 0 Å². The van der Waals surface area contributed by atoms with Gasteiger partial charge in [-0.15, -0.1) is 0 Å². The summed E-state index contributed by atoms with van der Waals surface area (Å²) in [5.74, 6) is 1.50. The molecular weight excluding hydrogens is 334 g/mol. The summed E-state index contributed by atoms with van der Waals surface area (Å²) < 4.78 is 0. The molecule has 5 rings (SSSR count). The fraction of sp³-hybridized carbons (Fsp3) is 0.545. The van der Waals surface area contributed by atoms with Crippen LogP contribution >= 0.6 is 0 Å². The summed E-state index contributed by atoms with van der Waals surface area (Å²) in [7, 11) is 0. The van der Waals surface area contributed by atoms with Gasteiger partial charge in [-0.1, -0.05) is 24.3 Å². The van der Waals surface area contributed by atoms with Crippen LogP contribution in [-0.4, -0.2) is 47.1 Å². The average Bonchev–Trinajstić information content (AvgIpc) is 3.17. The number of rotatable bonds is 2. The largest absolute Gasteiger partial charge is 0.368 e. The molecular formula is C22H29N5. The lowest BCUT2D eigenvalue weighted by Crippen LogP contribution is -2.44. The van der Waals surface area contributed by atoms with Crippen LogP contribution < -0.4 is 10.6 Å². The molecule has 2 N–H and O–H groups in total. The third-order valence-electron chi connectivity index (χ3n) is 6.57. The molecule has 5 heteroatoms. The lowest BCUT2D eigenvalue weighted by Gasteiger charge is -2.38. The van der Waals surface area contributed by atoms with Crippen molar-refractivity contribution in [1.82, 2.24) is 14.9 Å². The molecule has 27 heavy (non-hydrogen) atoms. The molecule has 1 aromatic heterocycles. The van der Waals surface area contributed by atoms with Crippen molar-refractivity contribution in [3.8, 4) is 11.3 Å². The van der Waals surface area contributed by atoms with Crippen molar-refractivity contribution in [3.05, 3.63) is 35.4 Å². The van der Waals surface area contributed by atoms with E-state index in [9.17, 15) is 0 Å². The monoisotopic (exact) mass is 363 g/mol. The molecule has 142 valence electrons. The number of anilines is 2. The Morgan fingerprint density at radius 3 is 2.48 bits per heavy atom. The number of likely N-dealkylation sites (tertiary alicyclic amines) is 1. The number of nitrogens with two attached hydrogens (primary N) is 1. The molecule has 2 saturated heterocycles. The van der Waals surface area contributed by atoms with Gasteiger partial charge in [0.1, 0.15) is 5.82 Å². The molecule has 3 aliphatic rings. The van der Waals surface area contributed by atoms with Gasteiger partial charge in [0, 0.05) is 30.3 Å². The van der Waals surface area contributed by atoms with Crippen molar-refractivity contribution >= 4 is 11.8 Å². The second-order valence-corrected chi connectivity index (χ2v) is 8.20. The van der Waals surface area contributed by atoms with Crippen molar-refractivity contribution in [2.45, 2.75) is 51.0 Å². The minimum Gasteiger partial charge on any atom is -0.368 e. The molecule has 0 spiro atoms. The van der Waals surface area contributed by atoms with E-state index < -0.39 is 0 Å². The maximum absolute atomic E-state index is 6.17. The Hall–Kier alpha value is -2.14. The Kier molecular flexibility index (Phi) is 4.48. The first-order valence-corrected chi connectivity index (χ1v) is 10.5. The lowest BCUT2D eigenvalue weighted by molar-refractivity contribution is 0.207. The van der Waals surface area contributed by atoms with E-state index in [4.69, 9.17) is 10.7 Å². The highest BCUT2D eigenvalue weighted by molar-refractivity contribution is 5.74. The molecule has 1 aromatic carbocycles. The van der Waals surface area contributed by atoms with Crippen molar-refractivity contribution in [2.75, 3.05) is 36.8 Å². The van der Waals surface area contributed by atoms with Gasteiger partial charge >= 0.3 is 0 Å². The molecule has 2 fully saturated rings. The molecule has 0 saturated carbocycles. The SMILES string of the molecule is Nc1nc2c(c(N3CCC(N4CCCC4)CC3)n1)CCCc1ccccc1-2. The standard InChI is InChI=1S/C22H29N5/c23-22-24-20-18-8-2-1-6-16(18)7-5-9-19(20)21(25-22)27-14-10-17(11-15-27)26-12-3-4-13-26/h1-2,6,8,17H,3-5,7,9-15H2,(H2,23,24,25). The number of aromatic nitrogens is 2. The number of piperidine rings is 1. The molecule has 0 atom stereocenters. The first-order valence-electron chi connectivity index (χ1n) is 10.5. The number of nitrogens with zero attached hydrogens (tertiary/aromatic N) is 4. The van der Waals surface area contributed by atoms with Crippen LogP contribution in [0.3, 0.4) is 0 Å². The van der Waals surface area contributed by atoms with Gasteiger partial charge in [0.05, 0.1) is 5.69 Å². The normalized spacial score (nSPS) is 21.0. The predicted octanol–water partition coefficient (Wildman–Crippen LogP) is 3.28. The zero-order valence-electron chi connectivity index (χ0n) is 16.0. The topological polar surface area (TPSA) is 58.3 Å². The van der Waals surface area contributed by atoms with E-state index in [1.807, 2.05) is 0 Å². The Morgan fingerprint density at radius 2 is 1.67 bits per heavy atom. The summed E-state index contributed by atoms with van der Waals surface area (Å²) >= 11 is 0. The third kappa shape index (κ3) is 3.18. The molecule has 0 bridgehead atoms. The van der Waals surface area contributed by atoms with E-state index >= 15 is 0 Å². The van der Waals surface area contributed by atoms with Crippen molar-refractivity contribution < 1.29 is 0 Å². The van der Waals surface area contributed by atoms with Crippen LogP contribution in [0.5, 0.6) is 0 Å². The maximum atomic E-state index is 6.17. The van der Waals surface area contributed by atoms with Gasteiger partial charge in [0.25, 0.3) is 0 Å². The van der Waals surface area contributed by atoms with E-state index in [2.05, 4.69) is 39.0 Å². The Labute approximate surface area is 161 Å². The highest BCUT2D eigenvalue weighted by atomic mass is 15.2. The summed E-state index contributed by atoms with van der Waals surface area (Å²) in [5.41, 5.74) is 11.2. The molecule has 2 aromatic rings. The summed E-state index contributed by atoms with van der Waals surface area (Å²) in [6.45, 7) is 4.73.